The maximum atomic E-state index is 12.3. The molecule has 0 radical (unpaired) electrons. The van der Waals surface area contributed by atoms with Gasteiger partial charge in [0.25, 0.3) is 11.6 Å². The number of hydrogen-bond donors (Lipinski definition) is 1. The molecule has 28 heavy (non-hydrogen) atoms. The number of hydrogen-bond acceptors (Lipinski definition) is 5. The van der Waals surface area contributed by atoms with Crippen LogP contribution in [0.15, 0.2) is 48.5 Å². The lowest BCUT2D eigenvalue weighted by Crippen LogP contribution is -2.30. The first-order valence-electron chi connectivity index (χ1n) is 8.94. The predicted octanol–water partition coefficient (Wildman–Crippen LogP) is 3.95. The zero-order chi connectivity index (χ0) is 20.5. The summed E-state index contributed by atoms with van der Waals surface area (Å²) in [5.74, 6) is 0.677. The highest BCUT2D eigenvalue weighted by Crippen LogP contribution is 2.17. The van der Waals surface area contributed by atoms with E-state index in [1.165, 1.54) is 23.9 Å². The number of nitrogens with zero attached hydrogens (tertiary/aromatic N) is 2. The Morgan fingerprint density at radius 1 is 1.04 bits per heavy atom. The number of nitro groups is 1. The van der Waals surface area contributed by atoms with Crippen molar-refractivity contribution in [3.05, 3.63) is 69.8 Å². The Morgan fingerprint density at radius 2 is 1.64 bits per heavy atom. The van der Waals surface area contributed by atoms with E-state index in [4.69, 9.17) is 0 Å². The summed E-state index contributed by atoms with van der Waals surface area (Å²) in [6, 6.07) is 13.1. The number of carbonyl (C=O) groups excluding carboxylic acids is 2. The van der Waals surface area contributed by atoms with Crippen LogP contribution < -0.4 is 5.32 Å². The van der Waals surface area contributed by atoms with E-state index >= 15 is 0 Å². The van der Waals surface area contributed by atoms with Gasteiger partial charge < -0.3 is 10.2 Å². The smallest absolute Gasteiger partial charge is 0.269 e. The van der Waals surface area contributed by atoms with E-state index in [1.54, 1.807) is 41.3 Å². The lowest BCUT2D eigenvalue weighted by Gasteiger charge is -2.18. The van der Waals surface area contributed by atoms with Crippen LogP contribution >= 0.6 is 11.8 Å². The highest BCUT2D eigenvalue weighted by molar-refractivity contribution is 7.99. The van der Waals surface area contributed by atoms with Crippen molar-refractivity contribution in [2.75, 3.05) is 24.2 Å². The second kappa shape index (κ2) is 10.5. The van der Waals surface area contributed by atoms with Crippen molar-refractivity contribution < 1.29 is 14.5 Å². The summed E-state index contributed by atoms with van der Waals surface area (Å²) in [6.45, 7) is 5.17. The van der Waals surface area contributed by atoms with Crippen molar-refractivity contribution in [2.24, 2.45) is 0 Å². The zero-order valence-electron chi connectivity index (χ0n) is 15.9. The van der Waals surface area contributed by atoms with Crippen LogP contribution in [0.3, 0.4) is 0 Å². The Labute approximate surface area is 168 Å². The maximum Gasteiger partial charge on any atom is 0.269 e. The molecule has 0 saturated carbocycles. The number of nitrogens with one attached hydrogen (secondary N) is 1. The number of thioether (sulfide) groups is 1. The normalized spacial score (nSPS) is 10.4. The topological polar surface area (TPSA) is 92.6 Å². The molecule has 0 heterocycles. The van der Waals surface area contributed by atoms with Crippen LogP contribution in [0.1, 0.15) is 29.8 Å². The minimum absolute atomic E-state index is 0.0264. The number of carbonyl (C=O) groups is 2. The molecule has 0 spiro atoms. The highest BCUT2D eigenvalue weighted by atomic mass is 32.2. The van der Waals surface area contributed by atoms with E-state index in [-0.39, 0.29) is 23.3 Å². The molecule has 2 aromatic carbocycles. The highest BCUT2D eigenvalue weighted by Gasteiger charge is 2.12. The van der Waals surface area contributed by atoms with Crippen molar-refractivity contribution in [3.8, 4) is 0 Å². The lowest BCUT2D eigenvalue weighted by atomic mass is 10.2. The van der Waals surface area contributed by atoms with E-state index in [1.807, 2.05) is 13.8 Å². The van der Waals surface area contributed by atoms with Crippen molar-refractivity contribution in [3.63, 3.8) is 0 Å². The maximum absolute atomic E-state index is 12.3. The molecule has 0 bridgehead atoms. The molecule has 0 aromatic heterocycles. The summed E-state index contributed by atoms with van der Waals surface area (Å²) >= 11 is 1.42. The third-order valence-corrected chi connectivity index (χ3v) is 5.12. The van der Waals surface area contributed by atoms with Gasteiger partial charge in [-0.3, -0.25) is 19.7 Å². The van der Waals surface area contributed by atoms with Gasteiger partial charge in [0.15, 0.2) is 0 Å². The molecule has 7 nitrogen and oxygen atoms in total. The van der Waals surface area contributed by atoms with E-state index in [0.29, 0.717) is 30.1 Å². The van der Waals surface area contributed by atoms with Gasteiger partial charge in [-0.15, -0.1) is 11.8 Å². The van der Waals surface area contributed by atoms with Crippen molar-refractivity contribution >= 4 is 35.0 Å². The molecule has 0 unspecified atom stereocenters. The molecule has 0 aliphatic heterocycles. The van der Waals surface area contributed by atoms with Gasteiger partial charge in [-0.25, -0.2) is 0 Å². The van der Waals surface area contributed by atoms with Crippen LogP contribution in [-0.4, -0.2) is 40.5 Å². The standard InChI is InChI=1S/C20H23N3O4S/c1-3-22(4-2)20(25)16-7-9-17(10-8-16)21-19(24)14-28-13-15-5-11-18(12-6-15)23(26)27/h5-12H,3-4,13-14H2,1-2H3,(H,21,24). The van der Waals surface area contributed by atoms with Crippen LogP contribution in [-0.2, 0) is 10.5 Å². The monoisotopic (exact) mass is 401 g/mol. The molecule has 148 valence electrons. The number of amides is 2. The SMILES string of the molecule is CCN(CC)C(=O)c1ccc(NC(=O)CSCc2ccc([N+](=O)[O-])cc2)cc1. The first-order valence-corrected chi connectivity index (χ1v) is 10.1. The summed E-state index contributed by atoms with van der Waals surface area (Å²) in [5, 5.41) is 13.4. The largest absolute Gasteiger partial charge is 0.339 e. The van der Waals surface area contributed by atoms with Crippen LogP contribution in [0.5, 0.6) is 0 Å². The van der Waals surface area contributed by atoms with Gasteiger partial charge in [-0.1, -0.05) is 12.1 Å². The Kier molecular flexibility index (Phi) is 8.01. The average molecular weight is 401 g/mol. The fraction of sp³-hybridized carbons (Fsp3) is 0.300. The third kappa shape index (κ3) is 6.09. The first kappa shape index (κ1) is 21.4. The number of non-ortho nitro benzene ring substituents is 1. The van der Waals surface area contributed by atoms with Gasteiger partial charge in [-0.2, -0.15) is 0 Å². The molecule has 2 aromatic rings. The van der Waals surface area contributed by atoms with Gasteiger partial charge >= 0.3 is 0 Å². The lowest BCUT2D eigenvalue weighted by molar-refractivity contribution is -0.384. The quantitative estimate of drug-likeness (QED) is 0.507. The molecule has 0 aliphatic carbocycles. The molecule has 0 atom stereocenters. The molecular formula is C20H23N3O4S. The Morgan fingerprint density at radius 3 is 2.18 bits per heavy atom. The summed E-state index contributed by atoms with van der Waals surface area (Å²) in [5.41, 5.74) is 2.20. The average Bonchev–Trinajstić information content (AvgIpc) is 2.69. The molecule has 0 aliphatic rings. The van der Waals surface area contributed by atoms with Gasteiger partial charge in [-0.05, 0) is 43.7 Å². The Balaban J connectivity index is 1.81. The summed E-state index contributed by atoms with van der Waals surface area (Å²) in [4.78, 5) is 36.3. The first-order chi connectivity index (χ1) is 13.4. The molecule has 8 heteroatoms. The third-order valence-electron chi connectivity index (χ3n) is 4.12. The second-order valence-electron chi connectivity index (χ2n) is 6.02. The van der Waals surface area contributed by atoms with Crippen LogP contribution in [0.4, 0.5) is 11.4 Å². The molecule has 1 N–H and O–H groups in total. The zero-order valence-corrected chi connectivity index (χ0v) is 16.7. The van der Waals surface area contributed by atoms with Crippen LogP contribution in [0.25, 0.3) is 0 Å². The van der Waals surface area contributed by atoms with Gasteiger partial charge in [0.05, 0.1) is 10.7 Å². The molecule has 0 fully saturated rings. The minimum atomic E-state index is -0.439. The summed E-state index contributed by atoms with van der Waals surface area (Å²) in [6.07, 6.45) is 0. The van der Waals surface area contributed by atoms with Gasteiger partial charge in [0, 0.05) is 42.2 Å². The van der Waals surface area contributed by atoms with Gasteiger partial charge in [0.1, 0.15) is 0 Å². The van der Waals surface area contributed by atoms with Crippen molar-refractivity contribution in [2.45, 2.75) is 19.6 Å². The van der Waals surface area contributed by atoms with Crippen molar-refractivity contribution in [1.29, 1.82) is 0 Å². The molecule has 2 amide bonds. The minimum Gasteiger partial charge on any atom is -0.339 e. The molecule has 0 saturated heterocycles. The second-order valence-corrected chi connectivity index (χ2v) is 7.00. The number of rotatable bonds is 9. The fourth-order valence-corrected chi connectivity index (χ4v) is 3.35. The summed E-state index contributed by atoms with van der Waals surface area (Å²) in [7, 11) is 0. The Bertz CT molecular complexity index is 818. The molecular weight excluding hydrogens is 378 g/mol. The van der Waals surface area contributed by atoms with E-state index in [2.05, 4.69) is 5.32 Å². The van der Waals surface area contributed by atoms with E-state index < -0.39 is 4.92 Å². The van der Waals surface area contributed by atoms with Gasteiger partial charge in [0.2, 0.25) is 5.91 Å². The number of benzene rings is 2. The van der Waals surface area contributed by atoms with Crippen molar-refractivity contribution in [1.82, 2.24) is 4.90 Å². The number of nitro benzene ring substituents is 1. The van der Waals surface area contributed by atoms with Crippen LogP contribution in [0, 0.1) is 10.1 Å². The summed E-state index contributed by atoms with van der Waals surface area (Å²) < 4.78 is 0. The van der Waals surface area contributed by atoms with Crippen LogP contribution in [0.2, 0.25) is 0 Å². The number of anilines is 1. The predicted molar refractivity (Wildman–Crippen MR) is 112 cm³/mol. The van der Waals surface area contributed by atoms with E-state index in [0.717, 1.165) is 5.56 Å². The molecule has 2 rings (SSSR count). The fourth-order valence-electron chi connectivity index (χ4n) is 2.56. The van der Waals surface area contributed by atoms with E-state index in [9.17, 15) is 19.7 Å². The Hall–Kier alpha value is -2.87.